The van der Waals surface area contributed by atoms with Crippen LogP contribution in [0.15, 0.2) is 24.0 Å². The number of allylic oxidation sites excluding steroid dienone is 2. The van der Waals surface area contributed by atoms with Crippen LogP contribution in [0.4, 0.5) is 0 Å². The topological polar surface area (TPSA) is 35.5 Å². The monoisotopic (exact) mass is 252 g/mol. The lowest BCUT2D eigenvalue weighted by Gasteiger charge is -2.32. The van der Waals surface area contributed by atoms with Crippen molar-refractivity contribution in [3.8, 4) is 0 Å². The highest BCUT2D eigenvalue weighted by atomic mass is 16.5. The van der Waals surface area contributed by atoms with E-state index in [1.807, 2.05) is 6.08 Å². The maximum atomic E-state index is 11.8. The molecule has 0 N–H and O–H groups in total. The first-order valence-electron chi connectivity index (χ1n) is 6.33. The zero-order valence-corrected chi connectivity index (χ0v) is 12.1. The smallest absolute Gasteiger partial charge is 0.309 e. The number of rotatable bonds is 4. The van der Waals surface area contributed by atoms with E-state index in [1.165, 1.54) is 12.7 Å². The van der Waals surface area contributed by atoms with Crippen molar-refractivity contribution in [2.75, 3.05) is 14.2 Å². The van der Waals surface area contributed by atoms with E-state index in [1.54, 1.807) is 7.11 Å². The van der Waals surface area contributed by atoms with Gasteiger partial charge in [-0.2, -0.15) is 0 Å². The average molecular weight is 252 g/mol. The van der Waals surface area contributed by atoms with Crippen LogP contribution in [0.1, 0.15) is 33.6 Å². The molecule has 3 nitrogen and oxygen atoms in total. The van der Waals surface area contributed by atoms with E-state index >= 15 is 0 Å². The summed E-state index contributed by atoms with van der Waals surface area (Å²) in [7, 11) is 3.07. The molecular formula is C15H24O3. The summed E-state index contributed by atoms with van der Waals surface area (Å²) < 4.78 is 9.98. The van der Waals surface area contributed by atoms with Crippen LogP contribution in [0.25, 0.3) is 0 Å². The van der Waals surface area contributed by atoms with Gasteiger partial charge in [0.05, 0.1) is 20.1 Å². The van der Waals surface area contributed by atoms with Crippen LogP contribution < -0.4 is 0 Å². The molecule has 0 aliphatic heterocycles. The molecule has 3 heteroatoms. The Labute approximate surface area is 110 Å². The van der Waals surface area contributed by atoms with E-state index in [-0.39, 0.29) is 17.3 Å². The van der Waals surface area contributed by atoms with Crippen LogP contribution in [0.2, 0.25) is 0 Å². The van der Waals surface area contributed by atoms with Crippen LogP contribution in [-0.2, 0) is 14.3 Å². The van der Waals surface area contributed by atoms with Crippen molar-refractivity contribution in [2.45, 2.75) is 33.6 Å². The Morgan fingerprint density at radius 3 is 2.28 bits per heavy atom. The third kappa shape index (κ3) is 2.77. The maximum Gasteiger partial charge on any atom is 0.309 e. The van der Waals surface area contributed by atoms with E-state index in [0.29, 0.717) is 11.7 Å². The number of carbonyl (C=O) groups is 1. The molecule has 0 bridgehead atoms. The second kappa shape index (κ2) is 5.59. The predicted octanol–water partition coefficient (Wildman–Crippen LogP) is 3.32. The summed E-state index contributed by atoms with van der Waals surface area (Å²) in [6.45, 7) is 10.2. The standard InChI is InChI=1S/C15H24O3/c1-10(9-11(2)17-5)12-7-8-13(14(16)18-6)15(12,3)4/h9,12-13H,2,7-8H2,1,3-6H3/b10-9-/t12-,13-/m1/s1. The summed E-state index contributed by atoms with van der Waals surface area (Å²) in [4.78, 5) is 11.8. The van der Waals surface area contributed by atoms with E-state index in [9.17, 15) is 4.79 Å². The molecule has 1 rings (SSSR count). The predicted molar refractivity (Wildman–Crippen MR) is 71.9 cm³/mol. The Hall–Kier alpha value is -1.25. The molecule has 1 fully saturated rings. The molecule has 0 heterocycles. The summed E-state index contributed by atoms with van der Waals surface area (Å²) in [5.74, 6) is 0.908. The molecule has 0 aromatic heterocycles. The lowest BCUT2D eigenvalue weighted by molar-refractivity contribution is -0.148. The molecule has 0 aromatic carbocycles. The van der Waals surface area contributed by atoms with Crippen LogP contribution in [0, 0.1) is 17.3 Å². The second-order valence-electron chi connectivity index (χ2n) is 5.59. The van der Waals surface area contributed by atoms with Gasteiger partial charge >= 0.3 is 5.97 Å². The molecule has 102 valence electrons. The molecule has 1 aliphatic rings. The van der Waals surface area contributed by atoms with Crippen molar-refractivity contribution in [3.63, 3.8) is 0 Å². The zero-order valence-electron chi connectivity index (χ0n) is 12.1. The summed E-state index contributed by atoms with van der Waals surface area (Å²) in [6, 6.07) is 0. The molecule has 0 amide bonds. The quantitative estimate of drug-likeness (QED) is 0.437. The van der Waals surface area contributed by atoms with Crippen LogP contribution in [-0.4, -0.2) is 20.2 Å². The molecular weight excluding hydrogens is 228 g/mol. The SMILES string of the molecule is C=C(/C=C(/C)[C@H]1CC[C@H](C(=O)OC)C1(C)C)OC. The van der Waals surface area contributed by atoms with Gasteiger partial charge in [0.2, 0.25) is 0 Å². The number of hydrogen-bond donors (Lipinski definition) is 0. The van der Waals surface area contributed by atoms with Gasteiger partial charge in [-0.3, -0.25) is 4.79 Å². The highest BCUT2D eigenvalue weighted by Crippen LogP contribution is 2.50. The normalized spacial score (nSPS) is 26.8. The number of ether oxygens (including phenoxy) is 2. The van der Waals surface area contributed by atoms with Crippen LogP contribution in [0.3, 0.4) is 0 Å². The largest absolute Gasteiger partial charge is 0.497 e. The van der Waals surface area contributed by atoms with Gasteiger partial charge in [-0.1, -0.05) is 26.0 Å². The molecule has 0 spiro atoms. The van der Waals surface area contributed by atoms with Gasteiger partial charge in [0.15, 0.2) is 0 Å². The maximum absolute atomic E-state index is 11.8. The van der Waals surface area contributed by atoms with Gasteiger partial charge in [-0.15, -0.1) is 0 Å². The lowest BCUT2D eigenvalue weighted by Crippen LogP contribution is -2.31. The van der Waals surface area contributed by atoms with Crippen molar-refractivity contribution in [1.82, 2.24) is 0 Å². The van der Waals surface area contributed by atoms with Crippen molar-refractivity contribution < 1.29 is 14.3 Å². The number of hydrogen-bond acceptors (Lipinski definition) is 3. The fourth-order valence-corrected chi connectivity index (χ4v) is 3.11. The third-order valence-corrected chi connectivity index (χ3v) is 4.23. The summed E-state index contributed by atoms with van der Waals surface area (Å²) in [6.07, 6.45) is 3.85. The summed E-state index contributed by atoms with van der Waals surface area (Å²) >= 11 is 0. The fourth-order valence-electron chi connectivity index (χ4n) is 3.11. The van der Waals surface area contributed by atoms with Crippen molar-refractivity contribution in [3.05, 3.63) is 24.0 Å². The average Bonchev–Trinajstić information content (AvgIpc) is 2.63. The first kappa shape index (κ1) is 14.8. The number of carbonyl (C=O) groups excluding carboxylic acids is 1. The summed E-state index contributed by atoms with van der Waals surface area (Å²) in [5.41, 5.74) is 1.14. The minimum Gasteiger partial charge on any atom is -0.497 e. The minimum atomic E-state index is -0.0964. The first-order valence-corrected chi connectivity index (χ1v) is 6.33. The number of esters is 1. The molecule has 1 aliphatic carbocycles. The fraction of sp³-hybridized carbons (Fsp3) is 0.667. The highest BCUT2D eigenvalue weighted by molar-refractivity contribution is 5.73. The van der Waals surface area contributed by atoms with Gasteiger partial charge in [-0.05, 0) is 37.2 Å². The first-order chi connectivity index (χ1) is 8.34. The molecule has 2 atom stereocenters. The van der Waals surface area contributed by atoms with Crippen LogP contribution in [0.5, 0.6) is 0 Å². The summed E-state index contributed by atoms with van der Waals surface area (Å²) in [5, 5.41) is 0. The Bertz CT molecular complexity index is 366. The van der Waals surface area contributed by atoms with Crippen molar-refractivity contribution in [2.24, 2.45) is 17.3 Å². The van der Waals surface area contributed by atoms with Crippen LogP contribution >= 0.6 is 0 Å². The Kier molecular flexibility index (Phi) is 4.60. The Morgan fingerprint density at radius 2 is 1.78 bits per heavy atom. The lowest BCUT2D eigenvalue weighted by atomic mass is 9.72. The second-order valence-corrected chi connectivity index (χ2v) is 5.59. The van der Waals surface area contributed by atoms with Crippen molar-refractivity contribution in [1.29, 1.82) is 0 Å². The zero-order chi connectivity index (χ0) is 13.9. The Balaban J connectivity index is 2.91. The highest BCUT2D eigenvalue weighted by Gasteiger charge is 2.47. The van der Waals surface area contributed by atoms with E-state index in [2.05, 4.69) is 27.4 Å². The van der Waals surface area contributed by atoms with Gasteiger partial charge in [0, 0.05) is 0 Å². The molecule has 18 heavy (non-hydrogen) atoms. The van der Waals surface area contributed by atoms with Gasteiger partial charge in [0.1, 0.15) is 5.76 Å². The van der Waals surface area contributed by atoms with E-state index in [0.717, 1.165) is 12.8 Å². The van der Waals surface area contributed by atoms with Crippen molar-refractivity contribution >= 4 is 5.97 Å². The molecule has 0 unspecified atom stereocenters. The van der Waals surface area contributed by atoms with Gasteiger partial charge in [0.25, 0.3) is 0 Å². The molecule has 0 saturated heterocycles. The molecule has 0 radical (unpaired) electrons. The van der Waals surface area contributed by atoms with Gasteiger partial charge in [-0.25, -0.2) is 0 Å². The molecule has 1 saturated carbocycles. The minimum absolute atomic E-state index is 0.0216. The van der Waals surface area contributed by atoms with Gasteiger partial charge < -0.3 is 9.47 Å². The van der Waals surface area contributed by atoms with E-state index < -0.39 is 0 Å². The Morgan fingerprint density at radius 1 is 1.22 bits per heavy atom. The third-order valence-electron chi connectivity index (χ3n) is 4.23. The number of methoxy groups -OCH3 is 2. The van der Waals surface area contributed by atoms with E-state index in [4.69, 9.17) is 9.47 Å². The molecule has 0 aromatic rings.